The average molecular weight is 396 g/mol. The number of halogens is 2. The molecular weight excluding hydrogens is 370 g/mol. The van der Waals surface area contributed by atoms with Gasteiger partial charge in [-0.05, 0) is 30.0 Å². The zero-order valence-electron chi connectivity index (χ0n) is 15.8. The van der Waals surface area contributed by atoms with Crippen molar-refractivity contribution in [2.24, 2.45) is 5.92 Å². The van der Waals surface area contributed by atoms with Crippen molar-refractivity contribution in [1.82, 2.24) is 10.2 Å². The fourth-order valence-corrected chi connectivity index (χ4v) is 3.39. The van der Waals surface area contributed by atoms with Crippen LogP contribution in [0.4, 0.5) is 8.78 Å². The van der Waals surface area contributed by atoms with Crippen LogP contribution >= 0.6 is 0 Å². The summed E-state index contributed by atoms with van der Waals surface area (Å²) >= 11 is 0. The van der Waals surface area contributed by atoms with Crippen molar-refractivity contribution >= 4 is 17.8 Å². The molecule has 0 heterocycles. The van der Waals surface area contributed by atoms with Gasteiger partial charge in [0.15, 0.2) is 11.6 Å². The molecule has 1 fully saturated rings. The molecule has 154 valence electrons. The maximum Gasteiger partial charge on any atom is 0.305 e. The van der Waals surface area contributed by atoms with Gasteiger partial charge in [0.1, 0.15) is 0 Å². The molecule has 1 aliphatic rings. The van der Waals surface area contributed by atoms with Gasteiger partial charge in [-0.3, -0.25) is 14.4 Å². The first-order valence-electron chi connectivity index (χ1n) is 9.55. The third-order valence-corrected chi connectivity index (χ3v) is 5.00. The summed E-state index contributed by atoms with van der Waals surface area (Å²) in [5.41, 5.74) is 0.338. The highest BCUT2D eigenvalue weighted by Gasteiger charge is 2.19. The number of rotatable bonds is 10. The van der Waals surface area contributed by atoms with E-state index in [1.165, 1.54) is 23.8 Å². The smallest absolute Gasteiger partial charge is 0.305 e. The standard InChI is InChI=1S/C20H26F2N2O4/c21-16-7-5-15(11-17(16)22)13-24(10-9-20(27)28)19(26)12-23-18(25)8-6-14-3-1-2-4-14/h5,7,11,14H,1-4,6,8-10,12-13H2,(H,23,25)(H,27,28). The molecule has 0 bridgehead atoms. The molecule has 0 unspecified atom stereocenters. The van der Waals surface area contributed by atoms with Crippen molar-refractivity contribution in [2.45, 2.75) is 51.5 Å². The monoisotopic (exact) mass is 396 g/mol. The lowest BCUT2D eigenvalue weighted by Gasteiger charge is -2.22. The Morgan fingerprint density at radius 1 is 1.11 bits per heavy atom. The van der Waals surface area contributed by atoms with E-state index in [2.05, 4.69) is 5.32 Å². The lowest BCUT2D eigenvalue weighted by Crippen LogP contribution is -2.40. The van der Waals surface area contributed by atoms with Crippen LogP contribution in [-0.2, 0) is 20.9 Å². The van der Waals surface area contributed by atoms with Crippen LogP contribution in [0.3, 0.4) is 0 Å². The highest BCUT2D eigenvalue weighted by molar-refractivity contribution is 5.85. The van der Waals surface area contributed by atoms with Gasteiger partial charge in [-0.25, -0.2) is 8.78 Å². The van der Waals surface area contributed by atoms with E-state index in [1.807, 2.05) is 0 Å². The number of carbonyl (C=O) groups is 3. The van der Waals surface area contributed by atoms with E-state index >= 15 is 0 Å². The number of benzene rings is 1. The van der Waals surface area contributed by atoms with E-state index in [0.717, 1.165) is 31.4 Å². The van der Waals surface area contributed by atoms with E-state index in [0.29, 0.717) is 17.9 Å². The van der Waals surface area contributed by atoms with E-state index < -0.39 is 23.5 Å². The van der Waals surface area contributed by atoms with Gasteiger partial charge in [0, 0.05) is 19.5 Å². The number of nitrogens with one attached hydrogen (secondary N) is 1. The maximum atomic E-state index is 13.4. The Hall–Kier alpha value is -2.51. The second-order valence-corrected chi connectivity index (χ2v) is 7.17. The fourth-order valence-electron chi connectivity index (χ4n) is 3.39. The summed E-state index contributed by atoms with van der Waals surface area (Å²) in [6.45, 7) is -0.417. The third kappa shape index (κ3) is 7.25. The van der Waals surface area contributed by atoms with Crippen LogP contribution in [0.5, 0.6) is 0 Å². The van der Waals surface area contributed by atoms with E-state index in [4.69, 9.17) is 5.11 Å². The van der Waals surface area contributed by atoms with Gasteiger partial charge < -0.3 is 15.3 Å². The molecule has 6 nitrogen and oxygen atoms in total. The summed E-state index contributed by atoms with van der Waals surface area (Å²) in [6, 6.07) is 3.26. The number of amides is 2. The molecule has 0 spiro atoms. The van der Waals surface area contributed by atoms with Crippen LogP contribution in [0.25, 0.3) is 0 Å². The summed E-state index contributed by atoms with van der Waals surface area (Å²) in [5.74, 6) is -3.23. The molecule has 0 atom stereocenters. The normalized spacial score (nSPS) is 14.1. The molecule has 0 saturated heterocycles. The molecule has 1 aromatic rings. The van der Waals surface area contributed by atoms with Crippen LogP contribution in [0.15, 0.2) is 18.2 Å². The zero-order chi connectivity index (χ0) is 20.5. The summed E-state index contributed by atoms with van der Waals surface area (Å²) in [5, 5.41) is 11.4. The minimum atomic E-state index is -1.08. The number of aliphatic carboxylic acids is 1. The Labute approximate surface area is 162 Å². The highest BCUT2D eigenvalue weighted by Crippen LogP contribution is 2.28. The summed E-state index contributed by atoms with van der Waals surface area (Å²) in [4.78, 5) is 36.5. The first-order valence-corrected chi connectivity index (χ1v) is 9.55. The van der Waals surface area contributed by atoms with Crippen LogP contribution in [0, 0.1) is 17.6 Å². The van der Waals surface area contributed by atoms with Gasteiger partial charge in [0.2, 0.25) is 11.8 Å². The largest absolute Gasteiger partial charge is 0.481 e. The van der Waals surface area contributed by atoms with Gasteiger partial charge in [-0.1, -0.05) is 31.7 Å². The molecule has 0 radical (unpaired) electrons. The number of carboxylic acids is 1. The minimum Gasteiger partial charge on any atom is -0.481 e. The van der Waals surface area contributed by atoms with Crippen LogP contribution in [0.2, 0.25) is 0 Å². The lowest BCUT2D eigenvalue weighted by atomic mass is 10.0. The Kier molecular flexibility index (Phi) is 8.35. The van der Waals surface area contributed by atoms with Gasteiger partial charge in [0.25, 0.3) is 0 Å². The van der Waals surface area contributed by atoms with Crippen LogP contribution in [-0.4, -0.2) is 40.9 Å². The van der Waals surface area contributed by atoms with Crippen molar-refractivity contribution in [3.63, 3.8) is 0 Å². The Morgan fingerprint density at radius 2 is 1.82 bits per heavy atom. The fraction of sp³-hybridized carbons (Fsp3) is 0.550. The van der Waals surface area contributed by atoms with Crippen molar-refractivity contribution in [3.8, 4) is 0 Å². The molecular formula is C20H26F2N2O4. The first kappa shape index (κ1) is 21.8. The number of carbonyl (C=O) groups excluding carboxylic acids is 2. The zero-order valence-corrected chi connectivity index (χ0v) is 15.8. The van der Waals surface area contributed by atoms with Gasteiger partial charge in [0.05, 0.1) is 13.0 Å². The second-order valence-electron chi connectivity index (χ2n) is 7.17. The first-order chi connectivity index (χ1) is 13.3. The molecule has 0 aliphatic heterocycles. The SMILES string of the molecule is O=C(O)CCN(Cc1ccc(F)c(F)c1)C(=O)CNC(=O)CCC1CCCC1. The Morgan fingerprint density at radius 3 is 2.46 bits per heavy atom. The van der Waals surface area contributed by atoms with Crippen molar-refractivity contribution in [3.05, 3.63) is 35.4 Å². The second kappa shape index (κ2) is 10.7. The molecule has 2 amide bonds. The summed E-state index contributed by atoms with van der Waals surface area (Å²) in [6.07, 6.45) is 5.56. The van der Waals surface area contributed by atoms with Gasteiger partial charge in [-0.15, -0.1) is 0 Å². The average Bonchev–Trinajstić information content (AvgIpc) is 3.17. The minimum absolute atomic E-state index is 0.0682. The third-order valence-electron chi connectivity index (χ3n) is 5.00. The number of nitrogens with zero attached hydrogens (tertiary/aromatic N) is 1. The predicted octanol–water partition coefficient (Wildman–Crippen LogP) is 2.85. The van der Waals surface area contributed by atoms with E-state index in [9.17, 15) is 23.2 Å². The van der Waals surface area contributed by atoms with E-state index in [1.54, 1.807) is 0 Å². The highest BCUT2D eigenvalue weighted by atomic mass is 19.2. The quantitative estimate of drug-likeness (QED) is 0.637. The Balaban J connectivity index is 1.87. The van der Waals surface area contributed by atoms with Gasteiger partial charge >= 0.3 is 5.97 Å². The Bertz CT molecular complexity index is 705. The van der Waals surface area contributed by atoms with Crippen LogP contribution in [0.1, 0.15) is 50.5 Å². The molecule has 1 aliphatic carbocycles. The van der Waals surface area contributed by atoms with Gasteiger partial charge in [-0.2, -0.15) is 0 Å². The predicted molar refractivity (Wildman–Crippen MR) is 98.2 cm³/mol. The number of carboxylic acid groups (broad SMARTS) is 1. The number of hydrogen-bond donors (Lipinski definition) is 2. The molecule has 1 aromatic carbocycles. The summed E-state index contributed by atoms with van der Waals surface area (Å²) in [7, 11) is 0. The maximum absolute atomic E-state index is 13.4. The molecule has 0 aromatic heterocycles. The molecule has 1 saturated carbocycles. The topological polar surface area (TPSA) is 86.7 Å². The van der Waals surface area contributed by atoms with E-state index in [-0.39, 0.29) is 32.0 Å². The number of hydrogen-bond acceptors (Lipinski definition) is 3. The lowest BCUT2D eigenvalue weighted by molar-refractivity contribution is -0.139. The molecule has 2 rings (SSSR count). The van der Waals surface area contributed by atoms with Crippen molar-refractivity contribution in [1.29, 1.82) is 0 Å². The molecule has 28 heavy (non-hydrogen) atoms. The summed E-state index contributed by atoms with van der Waals surface area (Å²) < 4.78 is 26.4. The van der Waals surface area contributed by atoms with Crippen LogP contribution < -0.4 is 5.32 Å². The van der Waals surface area contributed by atoms with Crippen molar-refractivity contribution < 1.29 is 28.3 Å². The van der Waals surface area contributed by atoms with Crippen molar-refractivity contribution in [2.75, 3.05) is 13.1 Å². The molecule has 2 N–H and O–H groups in total. The molecule has 8 heteroatoms.